The third-order valence-corrected chi connectivity index (χ3v) is 1.42. The second-order valence-electron chi connectivity index (χ2n) is 2.72. The molecule has 0 radical (unpaired) electrons. The first-order chi connectivity index (χ1) is 6.10. The third kappa shape index (κ3) is 4.08. The highest BCUT2D eigenvalue weighted by Gasteiger charge is 2.32. The number of ether oxygens (including phenoxy) is 3. The van der Waals surface area contributed by atoms with Crippen LogP contribution in [0.2, 0.25) is 0 Å². The topological polar surface area (TPSA) is 63.5 Å². The van der Waals surface area contributed by atoms with Crippen LogP contribution < -0.4 is 5.32 Å². The van der Waals surface area contributed by atoms with E-state index in [-0.39, 0.29) is 12.6 Å². The molecular weight excluding hydrogens is 172 g/mol. The Hall–Kier alpha value is -0.830. The van der Waals surface area contributed by atoms with Crippen LogP contribution in [0.25, 0.3) is 0 Å². The van der Waals surface area contributed by atoms with Crippen LogP contribution in [0.5, 0.6) is 0 Å². The molecule has 0 rings (SSSR count). The summed E-state index contributed by atoms with van der Waals surface area (Å²) < 4.78 is 15.5. The second-order valence-corrected chi connectivity index (χ2v) is 2.72. The molecule has 0 heterocycles. The van der Waals surface area contributed by atoms with Crippen LogP contribution in [-0.4, -0.2) is 32.8 Å². The van der Waals surface area contributed by atoms with Gasteiger partial charge in [0.2, 0.25) is 0 Å². The SMILES string of the molecule is COC(CNC#N)(OC)OC(C)C. The molecule has 0 spiro atoms. The predicted octanol–water partition coefficient (Wildman–Crippen LogP) is 0.429. The maximum atomic E-state index is 8.33. The molecule has 76 valence electrons. The van der Waals surface area contributed by atoms with Gasteiger partial charge in [-0.2, -0.15) is 5.26 Å². The molecule has 0 fully saturated rings. The first-order valence-electron chi connectivity index (χ1n) is 4.00. The molecule has 0 aliphatic rings. The lowest BCUT2D eigenvalue weighted by atomic mass is 10.4. The Balaban J connectivity index is 4.23. The fourth-order valence-corrected chi connectivity index (χ4v) is 0.872. The summed E-state index contributed by atoms with van der Waals surface area (Å²) in [6.07, 6.45) is 1.73. The van der Waals surface area contributed by atoms with Gasteiger partial charge >= 0.3 is 5.97 Å². The Labute approximate surface area is 78.6 Å². The van der Waals surface area contributed by atoms with Crippen molar-refractivity contribution in [2.24, 2.45) is 0 Å². The van der Waals surface area contributed by atoms with Gasteiger partial charge in [0.15, 0.2) is 6.19 Å². The lowest BCUT2D eigenvalue weighted by Crippen LogP contribution is -2.47. The number of rotatable bonds is 6. The van der Waals surface area contributed by atoms with Crippen LogP contribution in [0.1, 0.15) is 13.8 Å². The Morgan fingerprint density at radius 3 is 2.23 bits per heavy atom. The van der Waals surface area contributed by atoms with E-state index in [2.05, 4.69) is 5.32 Å². The average molecular weight is 188 g/mol. The summed E-state index contributed by atoms with van der Waals surface area (Å²) in [5.41, 5.74) is 0. The minimum atomic E-state index is -1.18. The lowest BCUT2D eigenvalue weighted by molar-refractivity contribution is -0.367. The Morgan fingerprint density at radius 2 is 1.92 bits per heavy atom. The zero-order valence-electron chi connectivity index (χ0n) is 8.46. The first-order valence-corrected chi connectivity index (χ1v) is 4.00. The van der Waals surface area contributed by atoms with Gasteiger partial charge in [-0.25, -0.2) is 0 Å². The van der Waals surface area contributed by atoms with Gasteiger partial charge in [-0.3, -0.25) is 0 Å². The van der Waals surface area contributed by atoms with E-state index in [1.165, 1.54) is 14.2 Å². The molecule has 0 aromatic rings. The van der Waals surface area contributed by atoms with E-state index in [9.17, 15) is 0 Å². The van der Waals surface area contributed by atoms with E-state index < -0.39 is 5.97 Å². The van der Waals surface area contributed by atoms with Crippen molar-refractivity contribution in [2.45, 2.75) is 25.9 Å². The van der Waals surface area contributed by atoms with Gasteiger partial charge in [0.05, 0.1) is 6.10 Å². The fourth-order valence-electron chi connectivity index (χ4n) is 0.872. The van der Waals surface area contributed by atoms with Crippen LogP contribution in [0.15, 0.2) is 0 Å². The van der Waals surface area contributed by atoms with E-state index >= 15 is 0 Å². The molecule has 0 atom stereocenters. The minimum absolute atomic E-state index is 0.0413. The summed E-state index contributed by atoms with van der Waals surface area (Å²) in [5.74, 6) is -1.18. The lowest BCUT2D eigenvalue weighted by Gasteiger charge is -2.31. The number of nitriles is 1. The Bertz CT molecular complexity index is 173. The van der Waals surface area contributed by atoms with E-state index in [0.717, 1.165) is 0 Å². The van der Waals surface area contributed by atoms with Gasteiger partial charge in [0, 0.05) is 14.2 Å². The van der Waals surface area contributed by atoms with Crippen molar-refractivity contribution in [3.63, 3.8) is 0 Å². The number of methoxy groups -OCH3 is 2. The molecule has 0 saturated carbocycles. The van der Waals surface area contributed by atoms with Crippen LogP contribution in [-0.2, 0) is 14.2 Å². The molecule has 5 heteroatoms. The quantitative estimate of drug-likeness (QED) is 0.372. The van der Waals surface area contributed by atoms with Crippen molar-refractivity contribution in [3.8, 4) is 6.19 Å². The van der Waals surface area contributed by atoms with Crippen LogP contribution in [0.3, 0.4) is 0 Å². The number of nitrogens with one attached hydrogen (secondary N) is 1. The van der Waals surface area contributed by atoms with E-state index in [0.29, 0.717) is 0 Å². The van der Waals surface area contributed by atoms with Gasteiger partial charge in [-0.1, -0.05) is 0 Å². The van der Waals surface area contributed by atoms with Gasteiger partial charge in [-0.15, -0.1) is 0 Å². The maximum absolute atomic E-state index is 8.33. The standard InChI is InChI=1S/C8H16N2O3/c1-7(2)13-8(11-3,12-4)5-10-6-9/h7,10H,5H2,1-4H3. The van der Waals surface area contributed by atoms with Gasteiger partial charge in [0.25, 0.3) is 0 Å². The van der Waals surface area contributed by atoms with Crippen molar-refractivity contribution in [3.05, 3.63) is 0 Å². The summed E-state index contributed by atoms with van der Waals surface area (Å²) in [4.78, 5) is 0. The minimum Gasteiger partial charge on any atom is -0.329 e. The highest BCUT2D eigenvalue weighted by molar-refractivity contribution is 4.71. The first kappa shape index (κ1) is 12.2. The number of hydrogen-bond acceptors (Lipinski definition) is 5. The molecule has 5 nitrogen and oxygen atoms in total. The van der Waals surface area contributed by atoms with Crippen LogP contribution >= 0.6 is 0 Å². The van der Waals surface area contributed by atoms with E-state index in [1.54, 1.807) is 6.19 Å². The largest absolute Gasteiger partial charge is 0.329 e. The highest BCUT2D eigenvalue weighted by Crippen LogP contribution is 2.14. The maximum Gasteiger partial charge on any atom is 0.301 e. The molecule has 0 amide bonds. The van der Waals surface area contributed by atoms with Crippen molar-refractivity contribution < 1.29 is 14.2 Å². The molecule has 0 aliphatic heterocycles. The highest BCUT2D eigenvalue weighted by atomic mass is 16.9. The summed E-state index contributed by atoms with van der Waals surface area (Å²) in [7, 11) is 2.93. The summed E-state index contributed by atoms with van der Waals surface area (Å²) in [5, 5.41) is 10.8. The summed E-state index contributed by atoms with van der Waals surface area (Å²) in [6.45, 7) is 3.88. The smallest absolute Gasteiger partial charge is 0.301 e. The van der Waals surface area contributed by atoms with Crippen molar-refractivity contribution in [1.29, 1.82) is 5.26 Å². The zero-order valence-corrected chi connectivity index (χ0v) is 8.46. The van der Waals surface area contributed by atoms with Crippen molar-refractivity contribution in [2.75, 3.05) is 20.8 Å². The molecule has 0 aromatic heterocycles. The third-order valence-electron chi connectivity index (χ3n) is 1.42. The summed E-state index contributed by atoms with van der Waals surface area (Å²) >= 11 is 0. The molecule has 13 heavy (non-hydrogen) atoms. The predicted molar refractivity (Wildman–Crippen MR) is 46.6 cm³/mol. The normalized spacial score (nSPS) is 11.4. The second kappa shape index (κ2) is 5.75. The van der Waals surface area contributed by atoms with E-state index in [1.807, 2.05) is 13.8 Å². The van der Waals surface area contributed by atoms with Crippen LogP contribution in [0, 0.1) is 11.5 Å². The van der Waals surface area contributed by atoms with Crippen molar-refractivity contribution >= 4 is 0 Å². The zero-order chi connectivity index (χ0) is 10.3. The molecule has 0 aliphatic carbocycles. The van der Waals surface area contributed by atoms with E-state index in [4.69, 9.17) is 19.5 Å². The van der Waals surface area contributed by atoms with Crippen molar-refractivity contribution in [1.82, 2.24) is 5.32 Å². The van der Waals surface area contributed by atoms with Gasteiger partial charge < -0.3 is 19.5 Å². The summed E-state index contributed by atoms with van der Waals surface area (Å²) in [6, 6.07) is 0. The number of nitrogens with zero attached hydrogens (tertiary/aromatic N) is 1. The Kier molecular flexibility index (Phi) is 5.39. The average Bonchev–Trinajstić information content (AvgIpc) is 2.12. The molecular formula is C8H16N2O3. The molecule has 0 aromatic carbocycles. The van der Waals surface area contributed by atoms with Gasteiger partial charge in [-0.05, 0) is 13.8 Å². The monoisotopic (exact) mass is 188 g/mol. The molecule has 1 N–H and O–H groups in total. The fraction of sp³-hybridized carbons (Fsp3) is 0.875. The Morgan fingerprint density at radius 1 is 1.38 bits per heavy atom. The molecule has 0 saturated heterocycles. The molecule has 0 unspecified atom stereocenters. The number of hydrogen-bond donors (Lipinski definition) is 1. The van der Waals surface area contributed by atoms with Crippen LogP contribution in [0.4, 0.5) is 0 Å². The molecule has 0 bridgehead atoms. The van der Waals surface area contributed by atoms with Gasteiger partial charge in [0.1, 0.15) is 6.54 Å².